The van der Waals surface area contributed by atoms with Gasteiger partial charge in [0.05, 0.1) is 28.7 Å². The van der Waals surface area contributed by atoms with Crippen LogP contribution in [0.25, 0.3) is 0 Å². The van der Waals surface area contributed by atoms with Gasteiger partial charge in [0, 0.05) is 13.0 Å². The molecule has 4 rings (SSSR count). The van der Waals surface area contributed by atoms with Crippen molar-refractivity contribution in [3.63, 3.8) is 0 Å². The summed E-state index contributed by atoms with van der Waals surface area (Å²) < 4.78 is 11.0. The number of fused-ring (bicyclic) bond motifs is 5. The van der Waals surface area contributed by atoms with Crippen LogP contribution in [0.5, 0.6) is 5.75 Å². The first-order valence-electron chi connectivity index (χ1n) is 7.82. The van der Waals surface area contributed by atoms with Gasteiger partial charge in [-0.2, -0.15) is 0 Å². The number of anilines is 1. The molecule has 3 aliphatic rings. The van der Waals surface area contributed by atoms with Gasteiger partial charge in [-0.15, -0.1) is 0 Å². The van der Waals surface area contributed by atoms with Crippen molar-refractivity contribution in [1.82, 2.24) is 0 Å². The van der Waals surface area contributed by atoms with Gasteiger partial charge in [-0.25, -0.2) is 4.90 Å². The van der Waals surface area contributed by atoms with E-state index in [0.29, 0.717) is 11.4 Å². The van der Waals surface area contributed by atoms with Crippen molar-refractivity contribution < 1.29 is 23.9 Å². The van der Waals surface area contributed by atoms with E-state index in [1.54, 1.807) is 18.2 Å². The number of rotatable bonds is 2. The van der Waals surface area contributed by atoms with Gasteiger partial charge in [0.2, 0.25) is 11.8 Å². The number of esters is 1. The predicted molar refractivity (Wildman–Crippen MR) is 84.3 cm³/mol. The van der Waals surface area contributed by atoms with Crippen LogP contribution < -0.4 is 9.64 Å². The summed E-state index contributed by atoms with van der Waals surface area (Å²) in [5.41, 5.74) is -1.10. The van der Waals surface area contributed by atoms with E-state index in [0.717, 1.165) is 0 Å². The molecule has 6 heteroatoms. The second-order valence-electron chi connectivity index (χ2n) is 6.86. The number of hydrogen-bond donors (Lipinski definition) is 0. The van der Waals surface area contributed by atoms with Crippen LogP contribution in [0.15, 0.2) is 36.4 Å². The molecule has 6 nitrogen and oxygen atoms in total. The maximum atomic E-state index is 13.0. The highest BCUT2D eigenvalue weighted by Gasteiger charge is 2.70. The molecule has 0 aliphatic carbocycles. The average molecular weight is 327 g/mol. The van der Waals surface area contributed by atoms with E-state index in [-0.39, 0.29) is 11.8 Å². The van der Waals surface area contributed by atoms with Gasteiger partial charge < -0.3 is 9.47 Å². The first-order valence-corrected chi connectivity index (χ1v) is 7.82. The summed E-state index contributed by atoms with van der Waals surface area (Å²) in [6.45, 7) is 4.97. The third-order valence-electron chi connectivity index (χ3n) is 5.06. The third kappa shape index (κ3) is 1.83. The summed E-state index contributed by atoms with van der Waals surface area (Å²) in [6, 6.07) is 6.44. The number of carbonyl (C=O) groups excluding carboxylic acids is 3. The van der Waals surface area contributed by atoms with Crippen molar-refractivity contribution >= 4 is 23.5 Å². The molecule has 2 saturated heterocycles. The molecule has 0 N–H and O–H groups in total. The van der Waals surface area contributed by atoms with Crippen LogP contribution in [0.4, 0.5) is 5.69 Å². The Bertz CT molecular complexity index is 779. The molecule has 2 bridgehead atoms. The van der Waals surface area contributed by atoms with Crippen molar-refractivity contribution in [2.45, 2.75) is 32.0 Å². The highest BCUT2D eigenvalue weighted by Crippen LogP contribution is 2.57. The van der Waals surface area contributed by atoms with Gasteiger partial charge in [0.25, 0.3) is 0 Å². The van der Waals surface area contributed by atoms with E-state index >= 15 is 0 Å². The zero-order valence-electron chi connectivity index (χ0n) is 13.6. The lowest BCUT2D eigenvalue weighted by Crippen LogP contribution is -2.39. The van der Waals surface area contributed by atoms with E-state index in [1.807, 2.05) is 26.0 Å². The normalized spacial score (nSPS) is 36.4. The smallest absolute Gasteiger partial charge is 0.308 e. The van der Waals surface area contributed by atoms with Crippen molar-refractivity contribution in [3.05, 3.63) is 36.4 Å². The third-order valence-corrected chi connectivity index (χ3v) is 5.06. The van der Waals surface area contributed by atoms with Crippen LogP contribution in [0, 0.1) is 11.8 Å². The predicted octanol–water partition coefficient (Wildman–Crippen LogP) is 1.83. The van der Waals surface area contributed by atoms with Crippen LogP contribution in [-0.4, -0.2) is 29.0 Å². The monoisotopic (exact) mass is 327 g/mol. The molecule has 4 atom stereocenters. The fourth-order valence-electron chi connectivity index (χ4n) is 4.14. The lowest BCUT2D eigenvalue weighted by molar-refractivity contribution is -0.132. The van der Waals surface area contributed by atoms with Gasteiger partial charge in [0.1, 0.15) is 5.75 Å². The van der Waals surface area contributed by atoms with Crippen molar-refractivity contribution in [2.24, 2.45) is 11.8 Å². The average Bonchev–Trinajstić information content (AvgIpc) is 3.03. The Kier molecular flexibility index (Phi) is 2.85. The largest absolute Gasteiger partial charge is 0.427 e. The minimum absolute atomic E-state index is 0.277. The van der Waals surface area contributed by atoms with Crippen LogP contribution in [0.3, 0.4) is 0 Å². The number of imide groups is 1. The number of ether oxygens (including phenoxy) is 2. The van der Waals surface area contributed by atoms with E-state index in [4.69, 9.17) is 9.47 Å². The van der Waals surface area contributed by atoms with Gasteiger partial charge in [-0.05, 0) is 26.0 Å². The minimum atomic E-state index is -0.756. The lowest BCUT2D eigenvalue weighted by atomic mass is 9.73. The van der Waals surface area contributed by atoms with Crippen LogP contribution in [0.1, 0.15) is 20.8 Å². The van der Waals surface area contributed by atoms with Crippen molar-refractivity contribution in [2.75, 3.05) is 4.90 Å². The number of nitrogens with zero attached hydrogens (tertiary/aromatic N) is 1. The Balaban J connectivity index is 1.73. The SMILES string of the molecule is CC(=O)Oc1cccc(N2C(=O)[C@H]3[C@H](C2=O)[C@]2(C)C=C[C@]3(C)O2)c1. The Hall–Kier alpha value is -2.47. The first-order chi connectivity index (χ1) is 11.3. The molecule has 0 unspecified atom stereocenters. The van der Waals surface area contributed by atoms with E-state index in [2.05, 4.69) is 0 Å². The second-order valence-corrected chi connectivity index (χ2v) is 6.86. The summed E-state index contributed by atoms with van der Waals surface area (Å²) in [6.07, 6.45) is 3.75. The van der Waals surface area contributed by atoms with Gasteiger partial charge in [-0.3, -0.25) is 14.4 Å². The van der Waals surface area contributed by atoms with Crippen molar-refractivity contribution in [3.8, 4) is 5.75 Å². The number of hydrogen-bond acceptors (Lipinski definition) is 5. The summed E-state index contributed by atoms with van der Waals surface area (Å²) in [5, 5.41) is 0. The number of carbonyl (C=O) groups is 3. The summed E-state index contributed by atoms with van der Waals surface area (Å²) in [7, 11) is 0. The Morgan fingerprint density at radius 2 is 1.71 bits per heavy atom. The van der Waals surface area contributed by atoms with Crippen molar-refractivity contribution in [1.29, 1.82) is 0 Å². The quantitative estimate of drug-likeness (QED) is 0.359. The van der Waals surface area contributed by atoms with E-state index < -0.39 is 29.0 Å². The minimum Gasteiger partial charge on any atom is -0.427 e. The topological polar surface area (TPSA) is 72.9 Å². The van der Waals surface area contributed by atoms with Gasteiger partial charge in [-0.1, -0.05) is 18.2 Å². The molecule has 0 spiro atoms. The molecule has 0 saturated carbocycles. The fraction of sp³-hybridized carbons (Fsp3) is 0.389. The molecular formula is C18H17NO5. The van der Waals surface area contributed by atoms with Crippen LogP contribution in [-0.2, 0) is 19.1 Å². The van der Waals surface area contributed by atoms with Gasteiger partial charge in [0.15, 0.2) is 0 Å². The second kappa shape index (κ2) is 4.54. The Morgan fingerprint density at radius 1 is 1.12 bits per heavy atom. The zero-order valence-corrected chi connectivity index (χ0v) is 13.6. The molecule has 2 amide bonds. The maximum Gasteiger partial charge on any atom is 0.308 e. The molecule has 24 heavy (non-hydrogen) atoms. The summed E-state index contributed by atoms with van der Waals surface area (Å²) >= 11 is 0. The van der Waals surface area contributed by atoms with Gasteiger partial charge >= 0.3 is 5.97 Å². The molecule has 0 aromatic heterocycles. The maximum absolute atomic E-state index is 13.0. The molecule has 3 aliphatic heterocycles. The number of benzene rings is 1. The standard InChI is InChI=1S/C18H17NO5/c1-10(20)23-12-6-4-5-11(9-12)19-15(21)13-14(16(19)22)18(3)8-7-17(13,2)24-18/h4-9,13-14H,1-3H3/t13-,14-,17+,18+/m1/s1. The lowest BCUT2D eigenvalue weighted by Gasteiger charge is -2.25. The molecule has 124 valence electrons. The van der Waals surface area contributed by atoms with Crippen LogP contribution in [0.2, 0.25) is 0 Å². The first kappa shape index (κ1) is 15.1. The molecule has 1 aromatic rings. The summed E-state index contributed by atoms with van der Waals surface area (Å²) in [4.78, 5) is 38.2. The number of amides is 2. The van der Waals surface area contributed by atoms with E-state index in [9.17, 15) is 14.4 Å². The Morgan fingerprint density at radius 3 is 2.25 bits per heavy atom. The molecule has 2 fully saturated rings. The zero-order chi connectivity index (χ0) is 17.3. The molecule has 0 radical (unpaired) electrons. The molecule has 3 heterocycles. The molecule has 1 aromatic carbocycles. The highest BCUT2D eigenvalue weighted by atomic mass is 16.5. The highest BCUT2D eigenvalue weighted by molar-refractivity contribution is 6.23. The molecular weight excluding hydrogens is 310 g/mol. The summed E-state index contributed by atoms with van der Waals surface area (Å²) in [5.74, 6) is -1.78. The Labute approximate surface area is 139 Å². The fourth-order valence-corrected chi connectivity index (χ4v) is 4.14. The van der Waals surface area contributed by atoms with E-state index in [1.165, 1.54) is 17.9 Å². The van der Waals surface area contributed by atoms with Crippen LogP contribution >= 0.6 is 0 Å².